The highest BCUT2D eigenvalue weighted by atomic mass is 35.5. The molecule has 5 rings (SSSR count). The number of carbonyl (C=O) groups excluding carboxylic acids is 1. The molecule has 2 saturated heterocycles. The molecule has 4 heterocycles. The van der Waals surface area contributed by atoms with E-state index in [2.05, 4.69) is 10.3 Å². The minimum Gasteiger partial charge on any atom is -0.495 e. The Bertz CT molecular complexity index is 1300. The molecule has 1 N–H and O–H groups in total. The zero-order chi connectivity index (χ0) is 23.2. The highest BCUT2D eigenvalue weighted by Gasteiger charge is 2.46. The molecular weight excluding hydrogens is 486 g/mol. The molecule has 176 valence electrons. The van der Waals surface area contributed by atoms with Gasteiger partial charge in [0.05, 0.1) is 12.8 Å². The number of benzene rings is 1. The molecule has 0 radical (unpaired) electrons. The molecular formula is C21H24ClN5O4S2. The van der Waals surface area contributed by atoms with E-state index in [1.54, 1.807) is 35.7 Å². The molecule has 2 aliphatic rings. The number of ether oxygens (including phenoxy) is 1. The first-order chi connectivity index (χ1) is 15.8. The standard InChI is InChI=1S/C21H24ClN5O4S2/c1-31-16-5-3-2-4-15(16)23-19(28)25-9-6-21(7-10-25)8-11-26(14-21)33(29,30)18-17(22)24-20-27(18)12-13-32-20/h2-5,12-13H,6-11,14H2,1H3,(H,23,28). The molecule has 0 unspecified atom stereocenters. The van der Waals surface area contributed by atoms with Crippen molar-refractivity contribution >= 4 is 49.6 Å². The smallest absolute Gasteiger partial charge is 0.321 e. The number of methoxy groups -OCH3 is 1. The minimum absolute atomic E-state index is 0.00521. The number of likely N-dealkylation sites (tertiary alicyclic amines) is 1. The number of hydrogen-bond donors (Lipinski definition) is 1. The van der Waals surface area contributed by atoms with Gasteiger partial charge in [-0.25, -0.2) is 18.2 Å². The summed E-state index contributed by atoms with van der Waals surface area (Å²) in [5.74, 6) is 0.606. The van der Waals surface area contributed by atoms with Crippen molar-refractivity contribution < 1.29 is 17.9 Å². The van der Waals surface area contributed by atoms with E-state index in [4.69, 9.17) is 16.3 Å². The SMILES string of the molecule is COc1ccccc1NC(=O)N1CCC2(CC1)CCN(S(=O)(=O)c1c(Cl)nc3sccn13)C2. The third-order valence-corrected chi connectivity index (χ3v) is 9.63. The Morgan fingerprint density at radius 2 is 1.94 bits per heavy atom. The summed E-state index contributed by atoms with van der Waals surface area (Å²) >= 11 is 7.54. The Kier molecular flexibility index (Phi) is 5.76. The number of amides is 2. The maximum absolute atomic E-state index is 13.4. The van der Waals surface area contributed by atoms with Crippen molar-refractivity contribution in [3.05, 3.63) is 41.0 Å². The Balaban J connectivity index is 1.25. The molecule has 1 spiro atoms. The van der Waals surface area contributed by atoms with Crippen LogP contribution in [0.25, 0.3) is 4.96 Å². The average Bonchev–Trinajstić information content (AvgIpc) is 3.49. The number of nitrogens with one attached hydrogen (secondary N) is 1. The molecule has 12 heteroatoms. The lowest BCUT2D eigenvalue weighted by Gasteiger charge is -2.39. The van der Waals surface area contributed by atoms with Gasteiger partial charge in [0.25, 0.3) is 10.0 Å². The van der Waals surface area contributed by atoms with Crippen molar-refractivity contribution in [1.82, 2.24) is 18.6 Å². The highest BCUT2D eigenvalue weighted by molar-refractivity contribution is 7.89. The number of sulfonamides is 1. The first-order valence-corrected chi connectivity index (χ1v) is 13.3. The van der Waals surface area contributed by atoms with Crippen molar-refractivity contribution in [3.63, 3.8) is 0 Å². The third kappa shape index (κ3) is 3.96. The van der Waals surface area contributed by atoms with Crippen LogP contribution < -0.4 is 10.1 Å². The summed E-state index contributed by atoms with van der Waals surface area (Å²) in [7, 11) is -2.21. The van der Waals surface area contributed by atoms with Crippen molar-refractivity contribution in [2.24, 2.45) is 5.41 Å². The van der Waals surface area contributed by atoms with Crippen LogP contribution in [0, 0.1) is 5.41 Å². The molecule has 9 nitrogen and oxygen atoms in total. The van der Waals surface area contributed by atoms with Crippen LogP contribution in [0.3, 0.4) is 0 Å². The van der Waals surface area contributed by atoms with Crippen LogP contribution in [0.5, 0.6) is 5.75 Å². The lowest BCUT2D eigenvalue weighted by molar-refractivity contribution is 0.132. The number of anilines is 1. The molecule has 2 fully saturated rings. The molecule has 1 aromatic carbocycles. The number of para-hydroxylation sites is 2. The maximum Gasteiger partial charge on any atom is 0.321 e. The van der Waals surface area contributed by atoms with Gasteiger partial charge in [0.2, 0.25) is 0 Å². The predicted molar refractivity (Wildman–Crippen MR) is 127 cm³/mol. The molecule has 33 heavy (non-hydrogen) atoms. The van der Waals surface area contributed by atoms with Crippen molar-refractivity contribution in [2.45, 2.75) is 24.3 Å². The molecule has 0 bridgehead atoms. The summed E-state index contributed by atoms with van der Waals surface area (Å²) in [6.45, 7) is 1.99. The van der Waals surface area contributed by atoms with Crippen LogP contribution in [0.4, 0.5) is 10.5 Å². The first kappa shape index (κ1) is 22.5. The normalized spacial score (nSPS) is 18.8. The summed E-state index contributed by atoms with van der Waals surface area (Å²) in [5, 5.41) is 4.74. The van der Waals surface area contributed by atoms with Crippen molar-refractivity contribution in [1.29, 1.82) is 0 Å². The third-order valence-electron chi connectivity index (χ3n) is 6.63. The number of halogens is 1. The van der Waals surface area contributed by atoms with Crippen LogP contribution in [-0.4, -0.2) is 66.3 Å². The Hall–Kier alpha value is -2.34. The van der Waals surface area contributed by atoms with Gasteiger partial charge in [0, 0.05) is 37.8 Å². The average molecular weight is 510 g/mol. The summed E-state index contributed by atoms with van der Waals surface area (Å²) in [4.78, 5) is 19.3. The fourth-order valence-corrected chi connectivity index (χ4v) is 7.69. The monoisotopic (exact) mass is 509 g/mol. The van der Waals surface area contributed by atoms with Gasteiger partial charge >= 0.3 is 6.03 Å². The summed E-state index contributed by atoms with van der Waals surface area (Å²) < 4.78 is 35.1. The number of rotatable bonds is 4. The lowest BCUT2D eigenvalue weighted by atomic mass is 9.78. The Labute approximate surface area is 201 Å². The number of hydrogen-bond acceptors (Lipinski definition) is 6. The van der Waals surface area contributed by atoms with E-state index in [1.165, 1.54) is 20.0 Å². The second kappa shape index (κ2) is 8.46. The fourth-order valence-electron chi connectivity index (χ4n) is 4.73. The molecule has 2 amide bonds. The van der Waals surface area contributed by atoms with E-state index >= 15 is 0 Å². The van der Waals surface area contributed by atoms with Crippen LogP contribution in [0.15, 0.2) is 40.9 Å². The quantitative estimate of drug-likeness (QED) is 0.577. The molecule has 2 aromatic heterocycles. The number of aromatic nitrogens is 2. The molecule has 0 atom stereocenters. The van der Waals surface area contributed by atoms with Crippen LogP contribution in [0.2, 0.25) is 5.15 Å². The second-order valence-corrected chi connectivity index (χ2v) is 11.6. The number of thiazole rings is 1. The summed E-state index contributed by atoms with van der Waals surface area (Å²) in [5.41, 5.74) is 0.486. The van der Waals surface area contributed by atoms with Crippen LogP contribution >= 0.6 is 22.9 Å². The zero-order valence-corrected chi connectivity index (χ0v) is 20.4. The van der Waals surface area contributed by atoms with Gasteiger partial charge < -0.3 is 15.0 Å². The minimum atomic E-state index is -3.77. The van der Waals surface area contributed by atoms with Gasteiger partial charge in [0.1, 0.15) is 5.75 Å². The van der Waals surface area contributed by atoms with Crippen molar-refractivity contribution in [2.75, 3.05) is 38.6 Å². The predicted octanol–water partition coefficient (Wildman–Crippen LogP) is 3.77. The van der Waals surface area contributed by atoms with Gasteiger partial charge in [-0.15, -0.1) is 11.3 Å². The number of nitrogens with zero attached hydrogens (tertiary/aromatic N) is 4. The van der Waals surface area contributed by atoms with E-state index in [9.17, 15) is 13.2 Å². The number of urea groups is 1. The number of imidazole rings is 1. The largest absolute Gasteiger partial charge is 0.495 e. The van der Waals surface area contributed by atoms with E-state index in [-0.39, 0.29) is 21.6 Å². The number of piperidine rings is 1. The van der Waals surface area contributed by atoms with E-state index in [0.29, 0.717) is 42.6 Å². The Morgan fingerprint density at radius 3 is 2.70 bits per heavy atom. The summed E-state index contributed by atoms with van der Waals surface area (Å²) in [6.07, 6.45) is 3.92. The van der Waals surface area contributed by atoms with E-state index in [1.807, 2.05) is 12.1 Å². The molecule has 2 aliphatic heterocycles. The second-order valence-electron chi connectivity index (χ2n) is 8.47. The van der Waals surface area contributed by atoms with Gasteiger partial charge in [-0.05, 0) is 36.8 Å². The van der Waals surface area contributed by atoms with Gasteiger partial charge in [-0.2, -0.15) is 4.31 Å². The maximum atomic E-state index is 13.4. The lowest BCUT2D eigenvalue weighted by Crippen LogP contribution is -2.46. The topological polar surface area (TPSA) is 96.2 Å². The zero-order valence-electron chi connectivity index (χ0n) is 18.0. The van der Waals surface area contributed by atoms with Crippen molar-refractivity contribution in [3.8, 4) is 5.75 Å². The molecule has 0 aliphatic carbocycles. The first-order valence-electron chi connectivity index (χ1n) is 10.6. The molecule has 0 saturated carbocycles. The van der Waals surface area contributed by atoms with E-state index < -0.39 is 10.0 Å². The molecule has 3 aromatic rings. The van der Waals surface area contributed by atoms with E-state index in [0.717, 1.165) is 19.3 Å². The van der Waals surface area contributed by atoms with Gasteiger partial charge in [-0.3, -0.25) is 4.40 Å². The Morgan fingerprint density at radius 1 is 1.21 bits per heavy atom. The van der Waals surface area contributed by atoms with Gasteiger partial charge in [0.15, 0.2) is 15.1 Å². The highest BCUT2D eigenvalue weighted by Crippen LogP contribution is 2.43. The fraction of sp³-hybridized carbons (Fsp3) is 0.429. The van der Waals surface area contributed by atoms with Gasteiger partial charge in [-0.1, -0.05) is 23.7 Å². The summed E-state index contributed by atoms with van der Waals surface area (Å²) in [6, 6.07) is 7.11. The van der Waals surface area contributed by atoms with Crippen LogP contribution in [0.1, 0.15) is 19.3 Å². The number of carbonyl (C=O) groups is 1. The number of fused-ring (bicyclic) bond motifs is 1. The van der Waals surface area contributed by atoms with Crippen LogP contribution in [-0.2, 0) is 10.0 Å².